The highest BCUT2D eigenvalue weighted by atomic mass is 35.5. The van der Waals surface area contributed by atoms with Crippen molar-refractivity contribution >= 4 is 29.5 Å². The SMILES string of the molecule is CCC[NH+](CCC)Cc1c(C(=O)NN=Cc2ccc(Cl)cc2)nnn1-c1nonc1N. The van der Waals surface area contributed by atoms with Gasteiger partial charge in [-0.3, -0.25) is 4.79 Å². The zero-order valence-corrected chi connectivity index (χ0v) is 18.1. The number of halogens is 1. The van der Waals surface area contributed by atoms with E-state index >= 15 is 0 Å². The van der Waals surface area contributed by atoms with Gasteiger partial charge in [-0.05, 0) is 40.9 Å². The van der Waals surface area contributed by atoms with Crippen molar-refractivity contribution in [1.82, 2.24) is 30.7 Å². The average Bonchev–Trinajstić information content (AvgIpc) is 3.35. The molecule has 12 heteroatoms. The van der Waals surface area contributed by atoms with Gasteiger partial charge in [-0.1, -0.05) is 42.8 Å². The number of nitrogens with one attached hydrogen (secondary N) is 2. The van der Waals surface area contributed by atoms with Crippen LogP contribution in [0.15, 0.2) is 34.0 Å². The first-order valence-electron chi connectivity index (χ1n) is 9.99. The molecule has 0 aliphatic carbocycles. The minimum absolute atomic E-state index is 0.0615. The quantitative estimate of drug-likeness (QED) is 0.309. The Kier molecular flexibility index (Phi) is 7.68. The summed E-state index contributed by atoms with van der Waals surface area (Å²) >= 11 is 5.88. The van der Waals surface area contributed by atoms with E-state index in [1.165, 1.54) is 15.8 Å². The topological polar surface area (TPSA) is 142 Å². The van der Waals surface area contributed by atoms with Crippen LogP contribution in [0.4, 0.5) is 5.82 Å². The van der Waals surface area contributed by atoms with Crippen LogP contribution >= 0.6 is 11.6 Å². The monoisotopic (exact) mass is 446 g/mol. The molecule has 3 aromatic rings. The number of hydrazone groups is 1. The fourth-order valence-electron chi connectivity index (χ4n) is 3.16. The second-order valence-corrected chi connectivity index (χ2v) is 7.38. The molecule has 0 saturated heterocycles. The Bertz CT molecular complexity index is 1020. The Labute approximate surface area is 184 Å². The average molecular weight is 447 g/mol. The van der Waals surface area contributed by atoms with Crippen molar-refractivity contribution in [2.24, 2.45) is 5.10 Å². The van der Waals surface area contributed by atoms with Gasteiger partial charge < -0.3 is 10.6 Å². The number of amides is 1. The van der Waals surface area contributed by atoms with E-state index in [0.29, 0.717) is 17.3 Å². The molecule has 11 nitrogen and oxygen atoms in total. The number of nitrogens with two attached hydrogens (primary N) is 1. The Morgan fingerprint density at radius 1 is 1.26 bits per heavy atom. The van der Waals surface area contributed by atoms with Crippen LogP contribution in [0, 0.1) is 0 Å². The van der Waals surface area contributed by atoms with E-state index < -0.39 is 5.91 Å². The summed E-state index contributed by atoms with van der Waals surface area (Å²) in [7, 11) is 0. The van der Waals surface area contributed by atoms with Crippen molar-refractivity contribution in [2.45, 2.75) is 33.2 Å². The van der Waals surface area contributed by atoms with Crippen LogP contribution in [-0.4, -0.2) is 50.5 Å². The van der Waals surface area contributed by atoms with Crippen LogP contribution in [0.2, 0.25) is 5.02 Å². The highest BCUT2D eigenvalue weighted by molar-refractivity contribution is 6.30. The van der Waals surface area contributed by atoms with Gasteiger partial charge in [-0.2, -0.15) is 9.78 Å². The Balaban J connectivity index is 1.86. The normalized spacial score (nSPS) is 11.5. The van der Waals surface area contributed by atoms with E-state index in [0.717, 1.165) is 31.5 Å². The number of hydrogen-bond donors (Lipinski definition) is 3. The van der Waals surface area contributed by atoms with E-state index in [-0.39, 0.29) is 17.3 Å². The highest BCUT2D eigenvalue weighted by Crippen LogP contribution is 2.15. The van der Waals surface area contributed by atoms with E-state index in [1.54, 1.807) is 24.3 Å². The second-order valence-electron chi connectivity index (χ2n) is 6.95. The summed E-state index contributed by atoms with van der Waals surface area (Å²) in [4.78, 5) is 14.1. The minimum atomic E-state index is -0.492. The summed E-state index contributed by atoms with van der Waals surface area (Å²) in [5.41, 5.74) is 9.81. The molecule has 2 heterocycles. The molecule has 2 aromatic heterocycles. The van der Waals surface area contributed by atoms with Gasteiger partial charge in [0, 0.05) is 5.02 Å². The van der Waals surface area contributed by atoms with Gasteiger partial charge in [-0.25, -0.2) is 10.1 Å². The molecule has 1 amide bonds. The summed E-state index contributed by atoms with van der Waals surface area (Å²) in [5.74, 6) is -0.237. The third kappa shape index (κ3) is 5.64. The summed E-state index contributed by atoms with van der Waals surface area (Å²) in [6.07, 6.45) is 3.51. The van der Waals surface area contributed by atoms with Crippen LogP contribution in [0.3, 0.4) is 0 Å². The molecule has 4 N–H and O–H groups in total. The number of rotatable bonds is 10. The Morgan fingerprint density at radius 2 is 1.97 bits per heavy atom. The van der Waals surface area contributed by atoms with E-state index in [4.69, 9.17) is 22.0 Å². The molecule has 0 fully saturated rings. The third-order valence-corrected chi connectivity index (χ3v) is 4.80. The lowest BCUT2D eigenvalue weighted by Crippen LogP contribution is -3.10. The maximum atomic E-state index is 12.8. The first-order valence-corrected chi connectivity index (χ1v) is 10.4. The molecule has 0 atom stereocenters. The molecule has 0 aliphatic heterocycles. The van der Waals surface area contributed by atoms with Gasteiger partial charge in [-0.15, -0.1) is 5.10 Å². The molecular weight excluding hydrogens is 422 g/mol. The molecule has 0 radical (unpaired) electrons. The van der Waals surface area contributed by atoms with Crippen molar-refractivity contribution in [3.63, 3.8) is 0 Å². The fourth-order valence-corrected chi connectivity index (χ4v) is 3.28. The van der Waals surface area contributed by atoms with Gasteiger partial charge in [0.1, 0.15) is 12.2 Å². The summed E-state index contributed by atoms with van der Waals surface area (Å²) in [5, 5.41) is 20.1. The predicted octanol–water partition coefficient (Wildman–Crippen LogP) is 0.855. The van der Waals surface area contributed by atoms with Gasteiger partial charge in [0.2, 0.25) is 11.6 Å². The van der Waals surface area contributed by atoms with Crippen LogP contribution in [-0.2, 0) is 6.54 Å². The maximum absolute atomic E-state index is 12.8. The lowest BCUT2D eigenvalue weighted by atomic mass is 10.2. The van der Waals surface area contributed by atoms with Crippen LogP contribution in [0.1, 0.15) is 48.4 Å². The molecule has 1 aromatic carbocycles. The van der Waals surface area contributed by atoms with Gasteiger partial charge in [0.15, 0.2) is 5.69 Å². The smallest absolute Gasteiger partial charge is 0.294 e. The number of benzene rings is 1. The van der Waals surface area contributed by atoms with Crippen molar-refractivity contribution in [2.75, 3.05) is 18.8 Å². The first-order chi connectivity index (χ1) is 15.0. The number of carbonyl (C=O) groups is 1. The van der Waals surface area contributed by atoms with Gasteiger partial charge in [0.05, 0.1) is 19.3 Å². The number of nitrogens with zero attached hydrogens (tertiary/aromatic N) is 6. The molecule has 31 heavy (non-hydrogen) atoms. The maximum Gasteiger partial charge on any atom is 0.294 e. The minimum Gasteiger partial charge on any atom is -0.378 e. The second kappa shape index (κ2) is 10.6. The van der Waals surface area contributed by atoms with Crippen LogP contribution in [0.5, 0.6) is 0 Å². The van der Waals surface area contributed by atoms with Crippen LogP contribution in [0.25, 0.3) is 5.82 Å². The van der Waals surface area contributed by atoms with Crippen molar-refractivity contribution < 1.29 is 14.3 Å². The molecule has 0 spiro atoms. The largest absolute Gasteiger partial charge is 0.378 e. The van der Waals surface area contributed by atoms with Gasteiger partial charge in [0.25, 0.3) is 5.91 Å². The molecule has 0 saturated carbocycles. The molecule has 164 valence electrons. The standard InChI is InChI=1S/C19H24ClN9O2/c1-3-9-28(10-4-2)12-15-16(23-27-29(15)18-17(21)25-31-26-18)19(30)24-22-11-13-5-7-14(20)8-6-13/h5-8,11H,3-4,9-10,12H2,1-2H3,(H2,21,25)(H,24,30)/p+1. The lowest BCUT2D eigenvalue weighted by Gasteiger charge is -2.18. The number of anilines is 1. The van der Waals surface area contributed by atoms with Crippen LogP contribution < -0.4 is 16.1 Å². The number of carbonyl (C=O) groups excluding carboxylic acids is 1. The molecule has 3 rings (SSSR count). The van der Waals surface area contributed by atoms with Gasteiger partial charge >= 0.3 is 0 Å². The number of hydrogen-bond acceptors (Lipinski definition) is 8. The number of nitrogen functional groups attached to an aromatic ring is 1. The Hall–Kier alpha value is -3.31. The summed E-state index contributed by atoms with van der Waals surface area (Å²) in [6, 6.07) is 7.06. The summed E-state index contributed by atoms with van der Waals surface area (Å²) in [6.45, 7) is 6.60. The number of aromatic nitrogens is 5. The fraction of sp³-hybridized carbons (Fsp3) is 0.368. The lowest BCUT2D eigenvalue weighted by molar-refractivity contribution is -0.914. The number of quaternary nitrogens is 1. The molecule has 0 aliphatic rings. The Morgan fingerprint density at radius 3 is 2.58 bits per heavy atom. The zero-order chi connectivity index (χ0) is 22.2. The third-order valence-electron chi connectivity index (χ3n) is 4.55. The highest BCUT2D eigenvalue weighted by Gasteiger charge is 2.26. The van der Waals surface area contributed by atoms with Crippen molar-refractivity contribution in [3.05, 3.63) is 46.2 Å². The first kappa shape index (κ1) is 22.4. The summed E-state index contributed by atoms with van der Waals surface area (Å²) < 4.78 is 6.09. The molecular formula is C19H25ClN9O2+. The van der Waals surface area contributed by atoms with Crippen molar-refractivity contribution in [1.29, 1.82) is 0 Å². The van der Waals surface area contributed by atoms with E-state index in [1.807, 2.05) is 0 Å². The predicted molar refractivity (Wildman–Crippen MR) is 115 cm³/mol. The van der Waals surface area contributed by atoms with E-state index in [2.05, 4.69) is 45.0 Å². The zero-order valence-electron chi connectivity index (χ0n) is 17.4. The van der Waals surface area contributed by atoms with E-state index in [9.17, 15) is 4.79 Å². The van der Waals surface area contributed by atoms with Crippen molar-refractivity contribution in [3.8, 4) is 5.82 Å². The molecule has 0 unspecified atom stereocenters. The molecule has 0 bridgehead atoms.